The van der Waals surface area contributed by atoms with E-state index in [1.807, 2.05) is 31.2 Å². The average Bonchev–Trinajstić information content (AvgIpc) is 3.16. The van der Waals surface area contributed by atoms with Gasteiger partial charge in [-0.05, 0) is 58.2 Å². The van der Waals surface area contributed by atoms with Crippen molar-refractivity contribution < 1.29 is 23.9 Å². The molecule has 3 rings (SSSR count). The van der Waals surface area contributed by atoms with Crippen molar-refractivity contribution in [2.45, 2.75) is 53.2 Å². The zero-order chi connectivity index (χ0) is 21.3. The summed E-state index contributed by atoms with van der Waals surface area (Å²) in [5.41, 5.74) is 3.39. The lowest BCUT2D eigenvalue weighted by molar-refractivity contribution is -0.126. The Hall–Kier alpha value is -3.09. The first-order valence-corrected chi connectivity index (χ1v) is 9.74. The third-order valence-corrected chi connectivity index (χ3v) is 5.20. The number of amides is 1. The van der Waals surface area contributed by atoms with Crippen LogP contribution in [0.4, 0.5) is 5.69 Å². The van der Waals surface area contributed by atoms with E-state index in [1.165, 1.54) is 0 Å². The van der Waals surface area contributed by atoms with E-state index >= 15 is 0 Å². The van der Waals surface area contributed by atoms with E-state index in [2.05, 4.69) is 4.98 Å². The number of carbonyl (C=O) groups is 3. The summed E-state index contributed by atoms with van der Waals surface area (Å²) in [5, 5.41) is 0. The van der Waals surface area contributed by atoms with Crippen LogP contribution in [0.3, 0.4) is 0 Å². The van der Waals surface area contributed by atoms with E-state index in [4.69, 9.17) is 9.47 Å². The largest absolute Gasteiger partial charge is 0.462 e. The third kappa shape index (κ3) is 3.77. The van der Waals surface area contributed by atoms with Gasteiger partial charge in [0.2, 0.25) is 0 Å². The fourth-order valence-electron chi connectivity index (χ4n) is 3.83. The summed E-state index contributed by atoms with van der Waals surface area (Å²) in [5.74, 6) is -1.45. The summed E-state index contributed by atoms with van der Waals surface area (Å²) in [6.45, 7) is 8.83. The highest BCUT2D eigenvalue weighted by molar-refractivity contribution is 6.02. The van der Waals surface area contributed by atoms with Crippen LogP contribution in [0.1, 0.15) is 58.4 Å². The van der Waals surface area contributed by atoms with Crippen molar-refractivity contribution >= 4 is 23.5 Å². The second-order valence-electron chi connectivity index (χ2n) is 7.28. The van der Waals surface area contributed by atoms with Crippen LogP contribution in [0.15, 0.2) is 24.3 Å². The smallest absolute Gasteiger partial charge is 0.355 e. The molecule has 1 aliphatic heterocycles. The first-order chi connectivity index (χ1) is 13.8. The molecule has 1 aromatic carbocycles. The van der Waals surface area contributed by atoms with Crippen molar-refractivity contribution in [2.75, 3.05) is 11.5 Å². The van der Waals surface area contributed by atoms with Crippen LogP contribution in [-0.4, -0.2) is 41.6 Å². The van der Waals surface area contributed by atoms with Crippen LogP contribution in [0.25, 0.3) is 0 Å². The van der Waals surface area contributed by atoms with Gasteiger partial charge in [-0.2, -0.15) is 0 Å². The molecule has 0 spiro atoms. The summed E-state index contributed by atoms with van der Waals surface area (Å²) in [6, 6.07) is 7.72. The molecule has 0 saturated heterocycles. The quantitative estimate of drug-likeness (QED) is 0.781. The van der Waals surface area contributed by atoms with E-state index in [-0.39, 0.29) is 24.2 Å². The van der Waals surface area contributed by atoms with Gasteiger partial charge in [-0.15, -0.1) is 0 Å². The minimum absolute atomic E-state index is 0.00839. The molecule has 2 aromatic rings. The van der Waals surface area contributed by atoms with Crippen molar-refractivity contribution in [2.24, 2.45) is 0 Å². The minimum Gasteiger partial charge on any atom is -0.462 e. The topological polar surface area (TPSA) is 88.7 Å². The summed E-state index contributed by atoms with van der Waals surface area (Å²) in [4.78, 5) is 42.4. The molecular formula is C22H26N2O5. The summed E-state index contributed by atoms with van der Waals surface area (Å²) < 4.78 is 10.5. The number of nitrogens with zero attached hydrogens (tertiary/aromatic N) is 1. The monoisotopic (exact) mass is 398 g/mol. The molecule has 2 atom stereocenters. The number of aryl methyl sites for hydroxylation is 1. The number of hydrogen-bond donors (Lipinski definition) is 1. The Morgan fingerprint density at radius 2 is 1.90 bits per heavy atom. The molecule has 0 bridgehead atoms. The lowest BCUT2D eigenvalue weighted by atomic mass is 10.1. The maximum absolute atomic E-state index is 13.0. The highest BCUT2D eigenvalue weighted by Gasteiger charge is 2.35. The summed E-state index contributed by atoms with van der Waals surface area (Å²) in [6.07, 6.45) is -0.203. The van der Waals surface area contributed by atoms with Gasteiger partial charge in [0.05, 0.1) is 12.2 Å². The lowest BCUT2D eigenvalue weighted by Gasteiger charge is -2.25. The van der Waals surface area contributed by atoms with Crippen molar-refractivity contribution in [1.29, 1.82) is 0 Å². The Balaban J connectivity index is 1.77. The second-order valence-corrected chi connectivity index (χ2v) is 7.28. The highest BCUT2D eigenvalue weighted by Crippen LogP contribution is 2.32. The lowest BCUT2D eigenvalue weighted by Crippen LogP contribution is -2.43. The molecule has 1 aromatic heterocycles. The fraction of sp³-hybridized carbons (Fsp3) is 0.409. The molecule has 154 valence electrons. The Morgan fingerprint density at radius 1 is 1.21 bits per heavy atom. The zero-order valence-electron chi connectivity index (χ0n) is 17.4. The zero-order valence-corrected chi connectivity index (χ0v) is 17.4. The number of nitrogens with one attached hydrogen (secondary N) is 1. The maximum Gasteiger partial charge on any atom is 0.355 e. The van der Waals surface area contributed by atoms with Crippen LogP contribution < -0.4 is 4.90 Å². The normalized spacial score (nSPS) is 16.3. The Morgan fingerprint density at radius 3 is 2.59 bits per heavy atom. The van der Waals surface area contributed by atoms with Gasteiger partial charge in [-0.25, -0.2) is 9.59 Å². The molecule has 1 N–H and O–H groups in total. The molecule has 0 aliphatic carbocycles. The predicted molar refractivity (Wildman–Crippen MR) is 108 cm³/mol. The number of hydrogen-bond acceptors (Lipinski definition) is 5. The summed E-state index contributed by atoms with van der Waals surface area (Å²) in [7, 11) is 0. The van der Waals surface area contributed by atoms with E-state index in [0.29, 0.717) is 16.8 Å². The van der Waals surface area contributed by atoms with Crippen molar-refractivity contribution in [3.63, 3.8) is 0 Å². The summed E-state index contributed by atoms with van der Waals surface area (Å²) >= 11 is 0. The number of esters is 2. The molecule has 1 aliphatic rings. The number of para-hydroxylation sites is 1. The van der Waals surface area contributed by atoms with Gasteiger partial charge in [0, 0.05) is 17.4 Å². The van der Waals surface area contributed by atoms with Gasteiger partial charge in [-0.1, -0.05) is 18.2 Å². The molecule has 1 amide bonds. The van der Waals surface area contributed by atoms with Gasteiger partial charge >= 0.3 is 11.9 Å². The van der Waals surface area contributed by atoms with Crippen molar-refractivity contribution in [3.05, 3.63) is 52.3 Å². The van der Waals surface area contributed by atoms with Gasteiger partial charge in [0.25, 0.3) is 5.91 Å². The number of carbonyl (C=O) groups excluding carboxylic acids is 3. The van der Waals surface area contributed by atoms with Crippen LogP contribution in [0.5, 0.6) is 0 Å². The van der Waals surface area contributed by atoms with Gasteiger partial charge in [0.15, 0.2) is 6.10 Å². The number of ether oxygens (including phenoxy) is 2. The second kappa shape index (κ2) is 8.11. The van der Waals surface area contributed by atoms with E-state index in [1.54, 1.807) is 32.6 Å². The first-order valence-electron chi connectivity index (χ1n) is 9.74. The molecule has 7 heteroatoms. The van der Waals surface area contributed by atoms with Crippen LogP contribution in [0.2, 0.25) is 0 Å². The van der Waals surface area contributed by atoms with Crippen molar-refractivity contribution in [1.82, 2.24) is 4.98 Å². The number of benzene rings is 1. The number of H-pyrrole nitrogens is 1. The third-order valence-electron chi connectivity index (χ3n) is 5.20. The van der Waals surface area contributed by atoms with Gasteiger partial charge < -0.3 is 19.4 Å². The minimum atomic E-state index is -0.967. The first kappa shape index (κ1) is 20.6. The fourth-order valence-corrected chi connectivity index (χ4v) is 3.83. The Kier molecular flexibility index (Phi) is 5.77. The SMILES string of the molecule is CCOC(=O)c1c(C)[nH]c(C(=O)O[C@H](C)C(=O)N2c3ccccc3C[C@H]2C)c1C. The number of aromatic amines is 1. The standard InChI is InChI=1S/C22H26N2O5/c1-6-28-21(26)18-13(3)19(23-14(18)4)22(27)29-15(5)20(25)24-12(2)11-16-9-7-8-10-17(16)24/h7-10,12,15,23H,6,11H2,1-5H3/t12-,15-/m1/s1. The van der Waals surface area contributed by atoms with Gasteiger partial charge in [-0.3, -0.25) is 4.79 Å². The highest BCUT2D eigenvalue weighted by atomic mass is 16.5. The molecule has 0 fully saturated rings. The van der Waals surface area contributed by atoms with E-state index < -0.39 is 18.0 Å². The van der Waals surface area contributed by atoms with Crippen molar-refractivity contribution in [3.8, 4) is 0 Å². The Bertz CT molecular complexity index is 962. The predicted octanol–water partition coefficient (Wildman–Crippen LogP) is 3.33. The van der Waals surface area contributed by atoms with E-state index in [0.717, 1.165) is 17.7 Å². The molecule has 7 nitrogen and oxygen atoms in total. The van der Waals surface area contributed by atoms with Gasteiger partial charge in [0.1, 0.15) is 5.69 Å². The number of fused-ring (bicyclic) bond motifs is 1. The number of rotatable bonds is 5. The maximum atomic E-state index is 13.0. The molecule has 0 saturated carbocycles. The van der Waals surface area contributed by atoms with E-state index in [9.17, 15) is 14.4 Å². The average molecular weight is 398 g/mol. The molecule has 29 heavy (non-hydrogen) atoms. The van der Waals surface area contributed by atoms with Crippen LogP contribution in [-0.2, 0) is 20.7 Å². The Labute approximate surface area is 170 Å². The molecule has 0 unspecified atom stereocenters. The van der Waals surface area contributed by atoms with Crippen LogP contribution >= 0.6 is 0 Å². The molecule has 0 radical (unpaired) electrons. The molecular weight excluding hydrogens is 372 g/mol. The molecule has 2 heterocycles. The number of aromatic nitrogens is 1. The van der Waals surface area contributed by atoms with Crippen LogP contribution in [0, 0.1) is 13.8 Å². The number of anilines is 1.